The molecule has 1 amide bonds. The smallest absolute Gasteiger partial charge is 0.407 e. The molecule has 7 nitrogen and oxygen atoms in total. The highest BCUT2D eigenvalue weighted by molar-refractivity contribution is 7.16. The van der Waals surface area contributed by atoms with Gasteiger partial charge in [0.25, 0.3) is 0 Å². The summed E-state index contributed by atoms with van der Waals surface area (Å²) in [6.45, 7) is 8.35. The van der Waals surface area contributed by atoms with Gasteiger partial charge in [0.05, 0.1) is 24.8 Å². The van der Waals surface area contributed by atoms with Crippen LogP contribution in [0.25, 0.3) is 0 Å². The monoisotopic (exact) mass is 405 g/mol. The van der Waals surface area contributed by atoms with Crippen LogP contribution in [0, 0.1) is 11.3 Å². The maximum absolute atomic E-state index is 12.1. The number of amides is 1. The van der Waals surface area contributed by atoms with Gasteiger partial charge in [0.15, 0.2) is 5.79 Å². The number of nitriles is 1. The fourth-order valence-corrected chi connectivity index (χ4v) is 5.59. The average molecular weight is 406 g/mol. The Labute approximate surface area is 169 Å². The number of carbonyl (C=O) groups is 1. The SMILES string of the molecule is CC(C)(C)OC(=O)NC1CCN(c2sc3c(c2C#N)CCC2(C3)OCCO2)C1. The third-order valence-electron chi connectivity index (χ3n) is 5.38. The van der Waals surface area contributed by atoms with Gasteiger partial charge in [0, 0.05) is 30.8 Å². The summed E-state index contributed by atoms with van der Waals surface area (Å²) < 4.78 is 17.1. The number of rotatable bonds is 2. The maximum Gasteiger partial charge on any atom is 0.407 e. The quantitative estimate of drug-likeness (QED) is 0.814. The topological polar surface area (TPSA) is 83.8 Å². The molecule has 1 atom stereocenters. The highest BCUT2D eigenvalue weighted by atomic mass is 32.1. The number of fused-ring (bicyclic) bond motifs is 1. The number of alkyl carbamates (subject to hydrolysis) is 1. The predicted octanol–water partition coefficient (Wildman–Crippen LogP) is 2.95. The van der Waals surface area contributed by atoms with E-state index in [0.29, 0.717) is 19.8 Å². The van der Waals surface area contributed by atoms with E-state index in [2.05, 4.69) is 16.3 Å². The van der Waals surface area contributed by atoms with Gasteiger partial charge in [-0.2, -0.15) is 5.26 Å². The van der Waals surface area contributed by atoms with Gasteiger partial charge in [0.1, 0.15) is 16.7 Å². The van der Waals surface area contributed by atoms with E-state index in [0.717, 1.165) is 48.4 Å². The lowest BCUT2D eigenvalue weighted by Crippen LogP contribution is -2.40. The summed E-state index contributed by atoms with van der Waals surface area (Å²) in [6, 6.07) is 2.44. The number of hydrogen-bond donors (Lipinski definition) is 1. The molecule has 1 unspecified atom stereocenters. The van der Waals surface area contributed by atoms with E-state index < -0.39 is 11.4 Å². The number of ether oxygens (including phenoxy) is 3. The summed E-state index contributed by atoms with van der Waals surface area (Å²) in [5.74, 6) is -0.492. The molecule has 2 saturated heterocycles. The summed E-state index contributed by atoms with van der Waals surface area (Å²) in [7, 11) is 0. The highest BCUT2D eigenvalue weighted by Gasteiger charge is 2.42. The second-order valence-electron chi connectivity index (χ2n) is 8.66. The number of hydrogen-bond acceptors (Lipinski definition) is 7. The van der Waals surface area contributed by atoms with Gasteiger partial charge in [-0.3, -0.25) is 0 Å². The summed E-state index contributed by atoms with van der Waals surface area (Å²) >= 11 is 1.68. The summed E-state index contributed by atoms with van der Waals surface area (Å²) in [4.78, 5) is 15.5. The number of nitrogens with zero attached hydrogens (tertiary/aromatic N) is 2. The molecule has 3 aliphatic rings. The molecule has 8 heteroatoms. The van der Waals surface area contributed by atoms with Crippen molar-refractivity contribution in [2.24, 2.45) is 0 Å². The van der Waals surface area contributed by atoms with Crippen molar-refractivity contribution in [3.05, 3.63) is 16.0 Å². The minimum Gasteiger partial charge on any atom is -0.444 e. The van der Waals surface area contributed by atoms with Crippen molar-refractivity contribution in [2.45, 2.75) is 63.9 Å². The first kappa shape index (κ1) is 19.5. The van der Waals surface area contributed by atoms with E-state index in [4.69, 9.17) is 14.2 Å². The van der Waals surface area contributed by atoms with E-state index in [9.17, 15) is 10.1 Å². The Bertz CT molecular complexity index is 802. The molecule has 0 radical (unpaired) electrons. The lowest BCUT2D eigenvalue weighted by Gasteiger charge is -2.31. The molecule has 1 aromatic heterocycles. The first-order valence-corrected chi connectivity index (χ1v) is 10.7. The molecule has 1 aromatic rings. The van der Waals surface area contributed by atoms with Crippen molar-refractivity contribution >= 4 is 22.4 Å². The van der Waals surface area contributed by atoms with Gasteiger partial charge >= 0.3 is 6.09 Å². The van der Waals surface area contributed by atoms with Crippen LogP contribution < -0.4 is 10.2 Å². The van der Waals surface area contributed by atoms with Gasteiger partial charge in [-0.05, 0) is 39.2 Å². The fraction of sp³-hybridized carbons (Fsp3) is 0.700. The van der Waals surface area contributed by atoms with Crippen molar-refractivity contribution in [3.63, 3.8) is 0 Å². The standard InChI is InChI=1S/C20H27N3O4S/c1-19(2,3)27-18(24)22-13-5-7-23(12-13)17-15(11-21)14-4-6-20(10-16(14)28-17)25-8-9-26-20/h13H,4-10,12H2,1-3H3,(H,22,24). The molecule has 0 saturated carbocycles. The predicted molar refractivity (Wildman–Crippen MR) is 106 cm³/mol. The molecule has 2 aliphatic heterocycles. The van der Waals surface area contributed by atoms with Crippen LogP contribution in [-0.4, -0.2) is 49.8 Å². The van der Waals surface area contributed by atoms with Gasteiger partial charge in [-0.25, -0.2) is 4.79 Å². The van der Waals surface area contributed by atoms with Gasteiger partial charge in [-0.1, -0.05) is 0 Å². The van der Waals surface area contributed by atoms with Crippen molar-refractivity contribution in [3.8, 4) is 6.07 Å². The molecule has 3 heterocycles. The van der Waals surface area contributed by atoms with Crippen molar-refractivity contribution in [1.29, 1.82) is 5.26 Å². The molecule has 4 rings (SSSR count). The van der Waals surface area contributed by atoms with Crippen LogP contribution in [0.3, 0.4) is 0 Å². The van der Waals surface area contributed by atoms with Crippen LogP contribution in [0.2, 0.25) is 0 Å². The Morgan fingerprint density at radius 1 is 1.39 bits per heavy atom. The zero-order valence-corrected chi connectivity index (χ0v) is 17.5. The Morgan fingerprint density at radius 2 is 2.14 bits per heavy atom. The van der Waals surface area contributed by atoms with E-state index in [1.165, 1.54) is 4.88 Å². The summed E-state index contributed by atoms with van der Waals surface area (Å²) in [6.07, 6.45) is 2.77. The molecule has 0 bridgehead atoms. The molecule has 28 heavy (non-hydrogen) atoms. The minimum atomic E-state index is -0.510. The van der Waals surface area contributed by atoms with E-state index in [1.807, 2.05) is 20.8 Å². The van der Waals surface area contributed by atoms with E-state index >= 15 is 0 Å². The van der Waals surface area contributed by atoms with Crippen LogP contribution in [-0.2, 0) is 27.1 Å². The summed E-state index contributed by atoms with van der Waals surface area (Å²) in [5.41, 5.74) is 1.42. The highest BCUT2D eigenvalue weighted by Crippen LogP contribution is 2.45. The van der Waals surface area contributed by atoms with Crippen molar-refractivity contribution < 1.29 is 19.0 Å². The fourth-order valence-electron chi connectivity index (χ4n) is 4.17. The number of anilines is 1. The van der Waals surface area contributed by atoms with Gasteiger partial charge in [-0.15, -0.1) is 11.3 Å². The third kappa shape index (κ3) is 3.84. The lowest BCUT2D eigenvalue weighted by atomic mass is 9.91. The molecular weight excluding hydrogens is 378 g/mol. The lowest BCUT2D eigenvalue weighted by molar-refractivity contribution is -0.163. The van der Waals surface area contributed by atoms with E-state index in [1.54, 1.807) is 11.3 Å². The number of thiophene rings is 1. The average Bonchev–Trinajstić information content (AvgIpc) is 3.31. The Kier molecular flexibility index (Phi) is 5.02. The minimum absolute atomic E-state index is 0.0216. The summed E-state index contributed by atoms with van der Waals surface area (Å²) in [5, 5.41) is 13.8. The molecular formula is C20H27N3O4S. The Hall–Kier alpha value is -1.82. The van der Waals surface area contributed by atoms with Crippen LogP contribution in [0.5, 0.6) is 0 Å². The molecule has 152 valence electrons. The molecule has 1 spiro atoms. The van der Waals surface area contributed by atoms with Gasteiger partial charge in [0.2, 0.25) is 0 Å². The zero-order chi connectivity index (χ0) is 19.9. The second kappa shape index (κ2) is 7.21. The molecule has 0 aromatic carbocycles. The molecule has 1 aliphatic carbocycles. The second-order valence-corrected chi connectivity index (χ2v) is 9.74. The van der Waals surface area contributed by atoms with Crippen LogP contribution >= 0.6 is 11.3 Å². The Morgan fingerprint density at radius 3 is 2.82 bits per heavy atom. The normalized spacial score (nSPS) is 23.5. The first-order valence-electron chi connectivity index (χ1n) is 9.86. The van der Waals surface area contributed by atoms with Gasteiger partial charge < -0.3 is 24.4 Å². The maximum atomic E-state index is 12.1. The van der Waals surface area contributed by atoms with Crippen molar-refractivity contribution in [2.75, 3.05) is 31.2 Å². The largest absolute Gasteiger partial charge is 0.444 e. The molecule has 1 N–H and O–H groups in total. The van der Waals surface area contributed by atoms with E-state index in [-0.39, 0.29) is 12.1 Å². The zero-order valence-electron chi connectivity index (χ0n) is 16.7. The van der Waals surface area contributed by atoms with Crippen molar-refractivity contribution in [1.82, 2.24) is 5.32 Å². The number of carbonyl (C=O) groups excluding carboxylic acids is 1. The van der Waals surface area contributed by atoms with Crippen LogP contribution in [0.4, 0.5) is 9.80 Å². The third-order valence-corrected chi connectivity index (χ3v) is 6.67. The Balaban J connectivity index is 1.46. The molecule has 2 fully saturated rings. The van der Waals surface area contributed by atoms with Crippen LogP contribution in [0.15, 0.2) is 0 Å². The van der Waals surface area contributed by atoms with Crippen LogP contribution in [0.1, 0.15) is 49.6 Å². The number of nitrogens with one attached hydrogen (secondary N) is 1. The first-order chi connectivity index (χ1) is 13.3.